The third-order valence-corrected chi connectivity index (χ3v) is 4.99. The summed E-state index contributed by atoms with van der Waals surface area (Å²) in [7, 11) is 0. The molecule has 0 aromatic carbocycles. The Morgan fingerprint density at radius 3 is 2.35 bits per heavy atom. The number of rotatable bonds is 2. The van der Waals surface area contributed by atoms with Crippen LogP contribution in [0.5, 0.6) is 0 Å². The molecule has 0 radical (unpaired) electrons. The predicted molar refractivity (Wildman–Crippen MR) is 82.9 cm³/mol. The van der Waals surface area contributed by atoms with Crippen LogP contribution in [0, 0.1) is 11.3 Å². The highest BCUT2D eigenvalue weighted by atomic mass is 35.5. The second-order valence-corrected chi connectivity index (χ2v) is 7.96. The largest absolute Gasteiger partial charge is 0.384 e. The molecule has 0 bridgehead atoms. The Bertz CT molecular complexity index is 465. The molecule has 1 heterocycles. The summed E-state index contributed by atoms with van der Waals surface area (Å²) in [6.45, 7) is 11.0. The molecule has 1 N–H and O–H groups in total. The minimum absolute atomic E-state index is 0.210. The topological polar surface area (TPSA) is 38.0 Å². The van der Waals surface area contributed by atoms with Crippen LogP contribution < -0.4 is 0 Å². The highest BCUT2D eigenvalue weighted by molar-refractivity contribution is 6.31. The normalized spacial score (nSPS) is 28.1. The lowest BCUT2D eigenvalue weighted by molar-refractivity contribution is -0.0369. The van der Waals surface area contributed by atoms with E-state index in [1.807, 2.05) is 4.68 Å². The van der Waals surface area contributed by atoms with Crippen LogP contribution in [0.1, 0.15) is 72.0 Å². The van der Waals surface area contributed by atoms with E-state index in [0.717, 1.165) is 31.4 Å². The second kappa shape index (κ2) is 5.34. The summed E-state index contributed by atoms with van der Waals surface area (Å²) in [5.74, 6) is 0.664. The van der Waals surface area contributed by atoms with Crippen molar-refractivity contribution in [3.8, 4) is 0 Å². The van der Waals surface area contributed by atoms with Gasteiger partial charge in [0.05, 0.1) is 16.9 Å². The van der Waals surface area contributed by atoms with Crippen LogP contribution in [-0.4, -0.2) is 14.9 Å². The minimum atomic E-state index is -0.820. The lowest BCUT2D eigenvalue weighted by Gasteiger charge is -2.41. The van der Waals surface area contributed by atoms with Gasteiger partial charge in [0, 0.05) is 6.04 Å². The van der Waals surface area contributed by atoms with E-state index in [9.17, 15) is 5.11 Å². The van der Waals surface area contributed by atoms with Gasteiger partial charge in [-0.1, -0.05) is 32.4 Å². The molecule has 114 valence electrons. The van der Waals surface area contributed by atoms with E-state index in [1.54, 1.807) is 6.20 Å². The van der Waals surface area contributed by atoms with Crippen LogP contribution >= 0.6 is 11.6 Å². The van der Waals surface area contributed by atoms with Crippen LogP contribution in [0.25, 0.3) is 0 Å². The molecule has 20 heavy (non-hydrogen) atoms. The van der Waals surface area contributed by atoms with Crippen LogP contribution in [0.4, 0.5) is 0 Å². The molecule has 1 saturated carbocycles. The zero-order valence-electron chi connectivity index (χ0n) is 13.3. The standard InChI is InChI=1S/C16H27ClN2O/c1-11(2)19-14(13(17)10-18-19)16(20)8-6-12(7-9-16)15(3,4)5/h10-12,20H,6-9H2,1-5H3. The number of halogens is 1. The van der Waals surface area contributed by atoms with Gasteiger partial charge in [0.2, 0.25) is 0 Å². The molecule has 0 atom stereocenters. The van der Waals surface area contributed by atoms with E-state index in [4.69, 9.17) is 11.6 Å². The van der Waals surface area contributed by atoms with E-state index < -0.39 is 5.60 Å². The molecule has 0 aliphatic heterocycles. The van der Waals surface area contributed by atoms with Crippen molar-refractivity contribution in [2.45, 2.75) is 71.9 Å². The molecule has 1 aromatic heterocycles. The molecule has 0 saturated heterocycles. The first kappa shape index (κ1) is 15.8. The van der Waals surface area contributed by atoms with Crippen LogP contribution in [0.15, 0.2) is 6.20 Å². The van der Waals surface area contributed by atoms with Crippen molar-refractivity contribution in [3.63, 3.8) is 0 Å². The number of nitrogens with zero attached hydrogens (tertiary/aromatic N) is 2. The molecule has 0 amide bonds. The average Bonchev–Trinajstić information content (AvgIpc) is 2.71. The lowest BCUT2D eigenvalue weighted by Crippen LogP contribution is -2.37. The molecule has 1 aliphatic carbocycles. The van der Waals surface area contributed by atoms with Gasteiger partial charge in [-0.2, -0.15) is 5.10 Å². The molecule has 0 spiro atoms. The van der Waals surface area contributed by atoms with Crippen LogP contribution in [-0.2, 0) is 5.60 Å². The average molecular weight is 299 g/mol. The van der Waals surface area contributed by atoms with Crippen molar-refractivity contribution in [2.75, 3.05) is 0 Å². The summed E-state index contributed by atoms with van der Waals surface area (Å²) in [4.78, 5) is 0. The van der Waals surface area contributed by atoms with E-state index in [-0.39, 0.29) is 6.04 Å². The minimum Gasteiger partial charge on any atom is -0.384 e. The summed E-state index contributed by atoms with van der Waals surface area (Å²) in [6.07, 6.45) is 5.28. The molecular weight excluding hydrogens is 272 g/mol. The quantitative estimate of drug-likeness (QED) is 0.870. The Morgan fingerprint density at radius 1 is 1.35 bits per heavy atom. The van der Waals surface area contributed by atoms with Gasteiger partial charge in [0.1, 0.15) is 5.60 Å². The summed E-state index contributed by atoms with van der Waals surface area (Å²) < 4.78 is 1.87. The Labute approximate surface area is 127 Å². The lowest BCUT2D eigenvalue weighted by atomic mass is 9.67. The summed E-state index contributed by atoms with van der Waals surface area (Å²) in [5, 5.41) is 16.0. The molecule has 2 rings (SSSR count). The number of aromatic nitrogens is 2. The highest BCUT2D eigenvalue weighted by Gasteiger charge is 2.41. The van der Waals surface area contributed by atoms with E-state index in [2.05, 4.69) is 39.7 Å². The van der Waals surface area contributed by atoms with Gasteiger partial charge in [-0.05, 0) is 50.9 Å². The maximum Gasteiger partial charge on any atom is 0.108 e. The number of hydrogen-bond acceptors (Lipinski definition) is 2. The molecule has 3 nitrogen and oxygen atoms in total. The fourth-order valence-electron chi connectivity index (χ4n) is 3.37. The van der Waals surface area contributed by atoms with Gasteiger partial charge in [0.25, 0.3) is 0 Å². The van der Waals surface area contributed by atoms with Crippen molar-refractivity contribution in [3.05, 3.63) is 16.9 Å². The van der Waals surface area contributed by atoms with Gasteiger partial charge in [-0.3, -0.25) is 4.68 Å². The first-order valence-corrected chi connectivity index (χ1v) is 7.99. The van der Waals surface area contributed by atoms with Crippen LogP contribution in [0.2, 0.25) is 5.02 Å². The zero-order chi connectivity index (χ0) is 15.1. The Kier molecular flexibility index (Phi) is 4.23. The van der Waals surface area contributed by atoms with Gasteiger partial charge >= 0.3 is 0 Å². The smallest absolute Gasteiger partial charge is 0.108 e. The number of hydrogen-bond donors (Lipinski definition) is 1. The van der Waals surface area contributed by atoms with Crippen molar-refractivity contribution in [2.24, 2.45) is 11.3 Å². The molecule has 4 heteroatoms. The predicted octanol–water partition coefficient (Wildman–Crippen LogP) is 4.54. The second-order valence-electron chi connectivity index (χ2n) is 7.55. The SMILES string of the molecule is CC(C)n1ncc(Cl)c1C1(O)CCC(C(C)(C)C)CC1. The Morgan fingerprint density at radius 2 is 1.90 bits per heavy atom. The van der Waals surface area contributed by atoms with E-state index >= 15 is 0 Å². The first-order chi connectivity index (χ1) is 9.15. The van der Waals surface area contributed by atoms with Crippen molar-refractivity contribution >= 4 is 11.6 Å². The fourth-order valence-corrected chi connectivity index (χ4v) is 3.67. The van der Waals surface area contributed by atoms with Crippen molar-refractivity contribution < 1.29 is 5.11 Å². The molecule has 1 aromatic rings. The summed E-state index contributed by atoms with van der Waals surface area (Å²) >= 11 is 6.29. The summed E-state index contributed by atoms with van der Waals surface area (Å²) in [6, 6.07) is 0.210. The third kappa shape index (κ3) is 2.89. The molecular formula is C16H27ClN2O. The molecule has 1 aliphatic rings. The third-order valence-electron chi connectivity index (χ3n) is 4.72. The number of aliphatic hydroxyl groups is 1. The van der Waals surface area contributed by atoms with E-state index in [0.29, 0.717) is 16.4 Å². The monoisotopic (exact) mass is 298 g/mol. The maximum atomic E-state index is 11.1. The zero-order valence-corrected chi connectivity index (χ0v) is 14.0. The maximum absolute atomic E-state index is 11.1. The summed E-state index contributed by atoms with van der Waals surface area (Å²) in [5.41, 5.74) is 0.296. The van der Waals surface area contributed by atoms with Gasteiger partial charge in [0.15, 0.2) is 0 Å². The van der Waals surface area contributed by atoms with Gasteiger partial charge in [-0.15, -0.1) is 0 Å². The molecule has 1 fully saturated rings. The van der Waals surface area contributed by atoms with E-state index in [1.165, 1.54) is 0 Å². The first-order valence-electron chi connectivity index (χ1n) is 7.61. The Hall–Kier alpha value is -0.540. The fraction of sp³-hybridized carbons (Fsp3) is 0.812. The van der Waals surface area contributed by atoms with Crippen molar-refractivity contribution in [1.82, 2.24) is 9.78 Å². The molecule has 0 unspecified atom stereocenters. The van der Waals surface area contributed by atoms with Gasteiger partial charge in [-0.25, -0.2) is 0 Å². The Balaban J connectivity index is 2.24. The van der Waals surface area contributed by atoms with Gasteiger partial charge < -0.3 is 5.11 Å². The highest BCUT2D eigenvalue weighted by Crippen LogP contribution is 2.47. The van der Waals surface area contributed by atoms with Crippen molar-refractivity contribution in [1.29, 1.82) is 0 Å². The van der Waals surface area contributed by atoms with Crippen LogP contribution in [0.3, 0.4) is 0 Å².